The number of hydrogen-bond acceptors (Lipinski definition) is 2. The van der Waals surface area contributed by atoms with Crippen LogP contribution in [-0.2, 0) is 9.59 Å². The maximum absolute atomic E-state index is 11.8. The van der Waals surface area contributed by atoms with Crippen molar-refractivity contribution in [1.82, 2.24) is 4.90 Å². The molecule has 3 nitrogen and oxygen atoms in total. The van der Waals surface area contributed by atoms with Gasteiger partial charge in [-0.2, -0.15) is 0 Å². The van der Waals surface area contributed by atoms with Crippen molar-refractivity contribution in [3.63, 3.8) is 0 Å². The number of alkyl halides is 1. The molecular weight excluding hydrogens is 202 g/mol. The standard InChI is InChI=1S/C10H16ClNO2/c1-3-10(2)7-8(13)12(9(10)14)6-4-5-11/h3-7H2,1-2H3/t10-/m0/s1. The first-order valence-corrected chi connectivity index (χ1v) is 5.49. The Balaban J connectivity index is 2.70. The first-order chi connectivity index (χ1) is 6.55. The van der Waals surface area contributed by atoms with Crippen molar-refractivity contribution in [2.75, 3.05) is 12.4 Å². The van der Waals surface area contributed by atoms with Gasteiger partial charge in [-0.3, -0.25) is 14.5 Å². The van der Waals surface area contributed by atoms with E-state index >= 15 is 0 Å². The summed E-state index contributed by atoms with van der Waals surface area (Å²) in [5.41, 5.74) is -0.469. The molecule has 0 N–H and O–H groups in total. The Hall–Kier alpha value is -0.570. The number of imide groups is 1. The van der Waals surface area contributed by atoms with E-state index in [9.17, 15) is 9.59 Å². The highest BCUT2D eigenvalue weighted by molar-refractivity contribution is 6.17. The molecule has 0 aromatic rings. The lowest BCUT2D eigenvalue weighted by Crippen LogP contribution is -2.34. The van der Waals surface area contributed by atoms with Gasteiger partial charge in [-0.05, 0) is 12.8 Å². The summed E-state index contributed by atoms with van der Waals surface area (Å²) in [6, 6.07) is 0. The molecule has 0 aromatic carbocycles. The number of carbonyl (C=O) groups excluding carboxylic acids is 2. The number of hydrogen-bond donors (Lipinski definition) is 0. The molecule has 0 aromatic heterocycles. The molecule has 0 spiro atoms. The van der Waals surface area contributed by atoms with Gasteiger partial charge in [0.15, 0.2) is 0 Å². The van der Waals surface area contributed by atoms with Gasteiger partial charge in [-0.25, -0.2) is 0 Å². The van der Waals surface area contributed by atoms with E-state index in [-0.39, 0.29) is 11.8 Å². The van der Waals surface area contributed by atoms with E-state index in [4.69, 9.17) is 11.6 Å². The molecule has 0 bridgehead atoms. The van der Waals surface area contributed by atoms with E-state index in [1.807, 2.05) is 13.8 Å². The van der Waals surface area contributed by atoms with Crippen molar-refractivity contribution in [2.45, 2.75) is 33.1 Å². The molecule has 1 heterocycles. The summed E-state index contributed by atoms with van der Waals surface area (Å²) < 4.78 is 0. The van der Waals surface area contributed by atoms with Gasteiger partial charge in [0, 0.05) is 18.8 Å². The highest BCUT2D eigenvalue weighted by atomic mass is 35.5. The molecule has 0 aliphatic carbocycles. The second-order valence-corrected chi connectivity index (χ2v) is 4.36. The van der Waals surface area contributed by atoms with Gasteiger partial charge < -0.3 is 0 Å². The molecule has 4 heteroatoms. The van der Waals surface area contributed by atoms with Crippen LogP contribution in [0.15, 0.2) is 0 Å². The average Bonchev–Trinajstić information content (AvgIpc) is 2.37. The first-order valence-electron chi connectivity index (χ1n) is 4.96. The molecule has 0 radical (unpaired) electrons. The predicted octanol–water partition coefficient (Wildman–Crippen LogP) is 1.79. The highest BCUT2D eigenvalue weighted by Crippen LogP contribution is 2.35. The van der Waals surface area contributed by atoms with Crippen molar-refractivity contribution in [1.29, 1.82) is 0 Å². The zero-order chi connectivity index (χ0) is 10.8. The molecule has 1 aliphatic rings. The SMILES string of the molecule is CC[C@@]1(C)CC(=O)N(CCCCl)C1=O. The lowest BCUT2D eigenvalue weighted by molar-refractivity contribution is -0.141. The molecule has 80 valence electrons. The summed E-state index contributed by atoms with van der Waals surface area (Å²) in [5, 5.41) is 0. The largest absolute Gasteiger partial charge is 0.282 e. The molecule has 1 saturated heterocycles. The zero-order valence-corrected chi connectivity index (χ0v) is 9.43. The minimum Gasteiger partial charge on any atom is -0.282 e. The summed E-state index contributed by atoms with van der Waals surface area (Å²) in [4.78, 5) is 24.7. The van der Waals surface area contributed by atoms with Crippen LogP contribution in [0, 0.1) is 5.41 Å². The van der Waals surface area contributed by atoms with Crippen LogP contribution in [0.5, 0.6) is 0 Å². The van der Waals surface area contributed by atoms with Crippen LogP contribution in [-0.4, -0.2) is 29.1 Å². The van der Waals surface area contributed by atoms with Gasteiger partial charge in [-0.1, -0.05) is 13.8 Å². The lowest BCUT2D eigenvalue weighted by atomic mass is 9.86. The van der Waals surface area contributed by atoms with Gasteiger partial charge in [0.1, 0.15) is 0 Å². The summed E-state index contributed by atoms with van der Waals surface area (Å²) in [6.07, 6.45) is 1.75. The van der Waals surface area contributed by atoms with Crippen LogP contribution in [0.1, 0.15) is 33.1 Å². The second-order valence-electron chi connectivity index (χ2n) is 3.98. The Labute approximate surface area is 89.4 Å². The fraction of sp³-hybridized carbons (Fsp3) is 0.800. The van der Waals surface area contributed by atoms with Crippen molar-refractivity contribution in [3.05, 3.63) is 0 Å². The van der Waals surface area contributed by atoms with Crippen molar-refractivity contribution in [3.8, 4) is 0 Å². The van der Waals surface area contributed by atoms with E-state index in [1.165, 1.54) is 4.90 Å². The van der Waals surface area contributed by atoms with Crippen molar-refractivity contribution in [2.24, 2.45) is 5.41 Å². The van der Waals surface area contributed by atoms with E-state index in [0.29, 0.717) is 25.3 Å². The molecular formula is C10H16ClNO2. The number of carbonyl (C=O) groups is 2. The fourth-order valence-electron chi connectivity index (χ4n) is 1.66. The number of rotatable bonds is 4. The second kappa shape index (κ2) is 4.30. The smallest absolute Gasteiger partial charge is 0.235 e. The third-order valence-electron chi connectivity index (χ3n) is 2.90. The Kier molecular flexibility index (Phi) is 3.53. The first kappa shape index (κ1) is 11.5. The molecule has 1 atom stereocenters. The van der Waals surface area contributed by atoms with Crippen LogP contribution in [0.25, 0.3) is 0 Å². The van der Waals surface area contributed by atoms with Crippen molar-refractivity contribution >= 4 is 23.4 Å². The van der Waals surface area contributed by atoms with Crippen LogP contribution in [0.4, 0.5) is 0 Å². The Morgan fingerprint density at radius 1 is 1.50 bits per heavy atom. The number of nitrogens with zero attached hydrogens (tertiary/aromatic N) is 1. The molecule has 1 fully saturated rings. The summed E-state index contributed by atoms with van der Waals surface area (Å²) in [7, 11) is 0. The number of halogens is 1. The quantitative estimate of drug-likeness (QED) is 0.532. The topological polar surface area (TPSA) is 37.4 Å². The zero-order valence-electron chi connectivity index (χ0n) is 8.68. The maximum Gasteiger partial charge on any atom is 0.235 e. The Morgan fingerprint density at radius 2 is 2.14 bits per heavy atom. The van der Waals surface area contributed by atoms with Crippen LogP contribution in [0.2, 0.25) is 0 Å². The van der Waals surface area contributed by atoms with E-state index in [2.05, 4.69) is 0 Å². The third kappa shape index (κ3) is 1.92. The maximum atomic E-state index is 11.8. The van der Waals surface area contributed by atoms with E-state index < -0.39 is 5.41 Å². The summed E-state index contributed by atoms with van der Waals surface area (Å²) in [6.45, 7) is 4.26. The van der Waals surface area contributed by atoms with Crippen LogP contribution >= 0.6 is 11.6 Å². The Bertz CT molecular complexity index is 255. The molecule has 2 amide bonds. The summed E-state index contributed by atoms with van der Waals surface area (Å²) in [5.74, 6) is 0.402. The Morgan fingerprint density at radius 3 is 2.57 bits per heavy atom. The highest BCUT2D eigenvalue weighted by Gasteiger charge is 2.46. The fourth-order valence-corrected chi connectivity index (χ4v) is 1.78. The van der Waals surface area contributed by atoms with E-state index in [0.717, 1.165) is 6.42 Å². The minimum atomic E-state index is -0.469. The van der Waals surface area contributed by atoms with Crippen molar-refractivity contribution < 1.29 is 9.59 Å². The summed E-state index contributed by atoms with van der Waals surface area (Å²) >= 11 is 5.53. The van der Waals surface area contributed by atoms with Gasteiger partial charge in [0.2, 0.25) is 11.8 Å². The van der Waals surface area contributed by atoms with Gasteiger partial charge in [-0.15, -0.1) is 11.6 Å². The van der Waals surface area contributed by atoms with Crippen LogP contribution in [0.3, 0.4) is 0 Å². The van der Waals surface area contributed by atoms with Gasteiger partial charge in [0.05, 0.1) is 5.41 Å². The van der Waals surface area contributed by atoms with Crippen LogP contribution < -0.4 is 0 Å². The minimum absolute atomic E-state index is 0.0323. The van der Waals surface area contributed by atoms with Gasteiger partial charge >= 0.3 is 0 Å². The lowest BCUT2D eigenvalue weighted by Gasteiger charge is -2.19. The average molecular weight is 218 g/mol. The van der Waals surface area contributed by atoms with E-state index in [1.54, 1.807) is 0 Å². The molecule has 1 rings (SSSR count). The number of amides is 2. The predicted molar refractivity (Wildman–Crippen MR) is 55.1 cm³/mol. The number of likely N-dealkylation sites (tertiary alicyclic amines) is 1. The normalized spacial score (nSPS) is 27.5. The molecule has 0 saturated carbocycles. The monoisotopic (exact) mass is 217 g/mol. The van der Waals surface area contributed by atoms with Gasteiger partial charge in [0.25, 0.3) is 0 Å². The molecule has 14 heavy (non-hydrogen) atoms. The third-order valence-corrected chi connectivity index (χ3v) is 3.17. The molecule has 1 aliphatic heterocycles. The molecule has 0 unspecified atom stereocenters.